The first kappa shape index (κ1) is 13.6. The van der Waals surface area contributed by atoms with Crippen molar-refractivity contribution in [1.29, 1.82) is 0 Å². The molecule has 0 spiro atoms. The fourth-order valence-corrected chi connectivity index (χ4v) is 2.79. The smallest absolute Gasteiger partial charge is 0.249 e. The van der Waals surface area contributed by atoms with Crippen LogP contribution in [0.4, 0.5) is 5.82 Å². The van der Waals surface area contributed by atoms with E-state index in [-0.39, 0.29) is 11.8 Å². The van der Waals surface area contributed by atoms with E-state index in [0.717, 1.165) is 16.1 Å². The Labute approximate surface area is 125 Å². The summed E-state index contributed by atoms with van der Waals surface area (Å²) in [4.78, 5) is 26.0. The van der Waals surface area contributed by atoms with E-state index in [0.29, 0.717) is 18.9 Å². The highest BCUT2D eigenvalue weighted by Crippen LogP contribution is 2.26. The second-order valence-electron chi connectivity index (χ2n) is 4.74. The third kappa shape index (κ3) is 2.87. The number of rotatable bonds is 3. The van der Waals surface area contributed by atoms with Gasteiger partial charge in [0, 0.05) is 23.4 Å². The quantitative estimate of drug-likeness (QED) is 0.851. The van der Waals surface area contributed by atoms with Crippen LogP contribution in [0.3, 0.4) is 0 Å². The van der Waals surface area contributed by atoms with E-state index in [4.69, 9.17) is 0 Å². The molecule has 2 N–H and O–H groups in total. The first-order chi connectivity index (χ1) is 10.1. The molecule has 0 atom stereocenters. The molecule has 21 heavy (non-hydrogen) atoms. The van der Waals surface area contributed by atoms with Crippen molar-refractivity contribution in [3.05, 3.63) is 39.7 Å². The molecule has 0 saturated heterocycles. The molecule has 1 aliphatic heterocycles. The monoisotopic (exact) mass is 302 g/mol. The normalized spacial score (nSPS) is 13.7. The van der Waals surface area contributed by atoms with Crippen molar-refractivity contribution in [3.8, 4) is 0 Å². The number of nitrogens with zero attached hydrogens (tertiary/aromatic N) is 2. The molecule has 0 bridgehead atoms. The van der Waals surface area contributed by atoms with E-state index in [9.17, 15) is 9.59 Å². The molecule has 3 heterocycles. The fourth-order valence-electron chi connectivity index (χ4n) is 2.17. The number of nitrogens with one attached hydrogen (secondary N) is 2. The van der Waals surface area contributed by atoms with Gasteiger partial charge in [-0.15, -0.1) is 11.3 Å². The average molecular weight is 302 g/mol. The Bertz CT molecular complexity index is 703. The molecule has 0 aromatic carbocycles. The molecule has 3 rings (SSSR count). The Morgan fingerprint density at radius 1 is 1.48 bits per heavy atom. The average Bonchev–Trinajstić information content (AvgIpc) is 3.14. The SMILES string of the molecule is CC(=O)N1Cc2[nH]nc(NC(=O)C=Cc3cccs3)c2C1. The van der Waals surface area contributed by atoms with Crippen LogP contribution in [-0.2, 0) is 22.7 Å². The van der Waals surface area contributed by atoms with Gasteiger partial charge in [-0.3, -0.25) is 14.7 Å². The maximum Gasteiger partial charge on any atom is 0.249 e. The van der Waals surface area contributed by atoms with Crippen molar-refractivity contribution in [2.45, 2.75) is 20.0 Å². The van der Waals surface area contributed by atoms with Crippen LogP contribution >= 0.6 is 11.3 Å². The van der Waals surface area contributed by atoms with Crippen molar-refractivity contribution >= 4 is 35.0 Å². The Balaban J connectivity index is 1.67. The predicted octanol–water partition coefficient (Wildman–Crippen LogP) is 1.99. The minimum absolute atomic E-state index is 0.00877. The lowest BCUT2D eigenvalue weighted by Gasteiger charge is -2.12. The third-order valence-corrected chi connectivity index (χ3v) is 4.12. The molecule has 1 aliphatic rings. The maximum atomic E-state index is 11.9. The van der Waals surface area contributed by atoms with Crippen LogP contribution in [0.1, 0.15) is 23.1 Å². The van der Waals surface area contributed by atoms with Crippen molar-refractivity contribution < 1.29 is 9.59 Å². The van der Waals surface area contributed by atoms with Gasteiger partial charge in [0.15, 0.2) is 5.82 Å². The number of thiophene rings is 1. The van der Waals surface area contributed by atoms with E-state index >= 15 is 0 Å². The zero-order valence-corrected chi connectivity index (χ0v) is 12.2. The molecule has 2 aromatic heterocycles. The zero-order chi connectivity index (χ0) is 14.8. The Morgan fingerprint density at radius 3 is 3.05 bits per heavy atom. The number of aromatic amines is 1. The molecule has 0 aliphatic carbocycles. The van der Waals surface area contributed by atoms with E-state index in [1.807, 2.05) is 17.5 Å². The van der Waals surface area contributed by atoms with Gasteiger partial charge in [-0.05, 0) is 17.5 Å². The summed E-state index contributed by atoms with van der Waals surface area (Å²) in [6, 6.07) is 3.87. The number of H-pyrrole nitrogens is 1. The molecule has 108 valence electrons. The molecule has 2 amide bonds. The number of aromatic nitrogens is 2. The van der Waals surface area contributed by atoms with Gasteiger partial charge in [0.2, 0.25) is 11.8 Å². The third-order valence-electron chi connectivity index (χ3n) is 3.28. The lowest BCUT2D eigenvalue weighted by molar-refractivity contribution is -0.129. The van der Waals surface area contributed by atoms with Crippen molar-refractivity contribution in [1.82, 2.24) is 15.1 Å². The highest BCUT2D eigenvalue weighted by Gasteiger charge is 2.26. The summed E-state index contributed by atoms with van der Waals surface area (Å²) in [6.07, 6.45) is 3.24. The summed E-state index contributed by atoms with van der Waals surface area (Å²) in [6.45, 7) is 2.52. The molecule has 0 radical (unpaired) electrons. The molecular formula is C14H14N4O2S. The number of carbonyl (C=O) groups is 2. The zero-order valence-electron chi connectivity index (χ0n) is 11.4. The molecule has 7 heteroatoms. The van der Waals surface area contributed by atoms with Crippen LogP contribution in [0.5, 0.6) is 0 Å². The number of anilines is 1. The van der Waals surface area contributed by atoms with E-state index in [2.05, 4.69) is 15.5 Å². The Kier molecular flexibility index (Phi) is 3.57. The topological polar surface area (TPSA) is 78.1 Å². The van der Waals surface area contributed by atoms with E-state index in [1.165, 1.54) is 13.0 Å². The maximum absolute atomic E-state index is 11.9. The Morgan fingerprint density at radius 2 is 2.33 bits per heavy atom. The van der Waals surface area contributed by atoms with E-state index in [1.54, 1.807) is 22.3 Å². The first-order valence-electron chi connectivity index (χ1n) is 6.47. The summed E-state index contributed by atoms with van der Waals surface area (Å²) in [5.41, 5.74) is 1.76. The Hall–Kier alpha value is -2.41. The summed E-state index contributed by atoms with van der Waals surface area (Å²) in [5, 5.41) is 11.7. The minimum Gasteiger partial charge on any atom is -0.333 e. The van der Waals surface area contributed by atoms with Gasteiger partial charge in [0.1, 0.15) is 0 Å². The number of carbonyl (C=O) groups excluding carboxylic acids is 2. The van der Waals surface area contributed by atoms with Crippen LogP contribution in [0, 0.1) is 0 Å². The van der Waals surface area contributed by atoms with Crippen LogP contribution < -0.4 is 5.32 Å². The van der Waals surface area contributed by atoms with Crippen molar-refractivity contribution in [3.63, 3.8) is 0 Å². The van der Waals surface area contributed by atoms with Crippen LogP contribution in [0.15, 0.2) is 23.6 Å². The van der Waals surface area contributed by atoms with Gasteiger partial charge in [0.25, 0.3) is 0 Å². The van der Waals surface area contributed by atoms with Gasteiger partial charge in [-0.2, -0.15) is 5.10 Å². The van der Waals surface area contributed by atoms with Gasteiger partial charge in [-0.1, -0.05) is 6.07 Å². The van der Waals surface area contributed by atoms with Gasteiger partial charge in [0.05, 0.1) is 18.8 Å². The molecular weight excluding hydrogens is 288 g/mol. The van der Waals surface area contributed by atoms with Crippen LogP contribution in [0.2, 0.25) is 0 Å². The predicted molar refractivity (Wildman–Crippen MR) is 80.5 cm³/mol. The highest BCUT2D eigenvalue weighted by molar-refractivity contribution is 7.10. The van der Waals surface area contributed by atoms with Gasteiger partial charge >= 0.3 is 0 Å². The van der Waals surface area contributed by atoms with Gasteiger partial charge in [-0.25, -0.2) is 0 Å². The highest BCUT2D eigenvalue weighted by atomic mass is 32.1. The molecule has 2 aromatic rings. The molecule has 0 unspecified atom stereocenters. The lowest BCUT2D eigenvalue weighted by Crippen LogP contribution is -2.22. The number of fused-ring (bicyclic) bond motifs is 1. The molecule has 0 saturated carbocycles. The fraction of sp³-hybridized carbons (Fsp3) is 0.214. The number of hydrogen-bond acceptors (Lipinski definition) is 4. The van der Waals surface area contributed by atoms with Crippen LogP contribution in [0.25, 0.3) is 6.08 Å². The number of hydrogen-bond donors (Lipinski definition) is 2. The molecule has 0 fully saturated rings. The van der Waals surface area contributed by atoms with Crippen LogP contribution in [-0.4, -0.2) is 26.9 Å². The largest absolute Gasteiger partial charge is 0.333 e. The standard InChI is InChI=1S/C14H14N4O2S/c1-9(19)18-7-11-12(8-18)16-17-14(11)15-13(20)5-4-10-3-2-6-21-10/h2-6H,7-8H2,1H3,(H2,15,16,17,20). The van der Waals surface area contributed by atoms with Crippen molar-refractivity contribution in [2.75, 3.05) is 5.32 Å². The molecule has 6 nitrogen and oxygen atoms in total. The number of amides is 2. The summed E-state index contributed by atoms with van der Waals surface area (Å²) in [5.74, 6) is 0.267. The van der Waals surface area contributed by atoms with Gasteiger partial charge < -0.3 is 10.2 Å². The summed E-state index contributed by atoms with van der Waals surface area (Å²) >= 11 is 1.56. The second kappa shape index (κ2) is 5.53. The summed E-state index contributed by atoms with van der Waals surface area (Å²) in [7, 11) is 0. The second-order valence-corrected chi connectivity index (χ2v) is 5.72. The summed E-state index contributed by atoms with van der Waals surface area (Å²) < 4.78 is 0. The minimum atomic E-state index is -0.237. The lowest BCUT2D eigenvalue weighted by atomic mass is 10.3. The van der Waals surface area contributed by atoms with Crippen molar-refractivity contribution in [2.24, 2.45) is 0 Å². The van der Waals surface area contributed by atoms with E-state index < -0.39 is 0 Å². The first-order valence-corrected chi connectivity index (χ1v) is 7.35.